The molecular formula is C10H16N2O3. The predicted molar refractivity (Wildman–Crippen MR) is 53.4 cm³/mol. The van der Waals surface area contributed by atoms with Crippen molar-refractivity contribution in [2.75, 3.05) is 19.6 Å². The molecule has 1 saturated carbocycles. The largest absolute Gasteiger partial charge is 0.481 e. The molecule has 0 bridgehead atoms. The number of aliphatic carboxylic acids is 1. The molecule has 0 aromatic rings. The molecule has 1 aliphatic carbocycles. The first kappa shape index (κ1) is 10.3. The van der Waals surface area contributed by atoms with Crippen LogP contribution in [0.1, 0.15) is 19.3 Å². The highest BCUT2D eigenvalue weighted by atomic mass is 16.4. The molecule has 15 heavy (non-hydrogen) atoms. The van der Waals surface area contributed by atoms with E-state index >= 15 is 0 Å². The lowest BCUT2D eigenvalue weighted by molar-refractivity contribution is -0.143. The van der Waals surface area contributed by atoms with Gasteiger partial charge in [-0.15, -0.1) is 0 Å². The second-order valence-electron chi connectivity index (χ2n) is 4.31. The molecule has 0 aromatic carbocycles. The predicted octanol–water partition coefficient (Wildman–Crippen LogP) is 0.512. The van der Waals surface area contributed by atoms with Crippen molar-refractivity contribution in [3.05, 3.63) is 0 Å². The summed E-state index contributed by atoms with van der Waals surface area (Å²) >= 11 is 0. The maximum absolute atomic E-state index is 11.3. The van der Waals surface area contributed by atoms with E-state index in [0.717, 1.165) is 19.3 Å². The van der Waals surface area contributed by atoms with Gasteiger partial charge in [0.25, 0.3) is 0 Å². The number of carbonyl (C=O) groups excluding carboxylic acids is 1. The molecule has 1 saturated heterocycles. The first-order valence-corrected chi connectivity index (χ1v) is 5.44. The van der Waals surface area contributed by atoms with Crippen molar-refractivity contribution in [2.24, 2.45) is 11.8 Å². The Balaban J connectivity index is 1.93. The van der Waals surface area contributed by atoms with E-state index in [4.69, 9.17) is 5.11 Å². The number of nitrogens with one attached hydrogen (secondary N) is 1. The van der Waals surface area contributed by atoms with Crippen molar-refractivity contribution in [2.45, 2.75) is 19.3 Å². The Morgan fingerprint density at radius 3 is 2.93 bits per heavy atom. The monoisotopic (exact) mass is 212 g/mol. The number of carbonyl (C=O) groups is 2. The molecule has 5 heteroatoms. The maximum Gasteiger partial charge on any atom is 0.317 e. The Morgan fingerprint density at radius 1 is 1.53 bits per heavy atom. The second-order valence-corrected chi connectivity index (χ2v) is 4.31. The third kappa shape index (κ3) is 2.06. The molecule has 2 aliphatic rings. The molecule has 2 fully saturated rings. The van der Waals surface area contributed by atoms with Gasteiger partial charge in [0.05, 0.1) is 5.92 Å². The molecule has 0 aromatic heterocycles. The standard InChI is InChI=1S/C10H16N2O3/c13-9(14)8-3-1-2-7(8)6-12-5-4-11-10(12)15/h7-8H,1-6H2,(H,11,15)(H,13,14)/t7-,8-/m1/s1. The molecule has 1 heterocycles. The molecule has 0 unspecified atom stereocenters. The number of carboxylic acids is 1. The third-order valence-electron chi connectivity index (χ3n) is 3.38. The number of urea groups is 1. The summed E-state index contributed by atoms with van der Waals surface area (Å²) in [5.41, 5.74) is 0. The Kier molecular flexibility index (Phi) is 2.79. The average Bonchev–Trinajstić information content (AvgIpc) is 2.77. The van der Waals surface area contributed by atoms with Gasteiger partial charge in [0.2, 0.25) is 0 Å². The number of hydrogen-bond acceptors (Lipinski definition) is 2. The highest BCUT2D eigenvalue weighted by molar-refractivity contribution is 5.76. The number of nitrogens with zero attached hydrogens (tertiary/aromatic N) is 1. The lowest BCUT2D eigenvalue weighted by atomic mass is 9.96. The minimum absolute atomic E-state index is 0.0500. The van der Waals surface area contributed by atoms with Crippen molar-refractivity contribution >= 4 is 12.0 Å². The van der Waals surface area contributed by atoms with Gasteiger partial charge in [-0.25, -0.2) is 4.79 Å². The van der Waals surface area contributed by atoms with Gasteiger partial charge in [0.1, 0.15) is 0 Å². The van der Waals surface area contributed by atoms with Crippen LogP contribution in [0.3, 0.4) is 0 Å². The van der Waals surface area contributed by atoms with Gasteiger partial charge >= 0.3 is 12.0 Å². The lowest BCUT2D eigenvalue weighted by Crippen LogP contribution is -2.35. The van der Waals surface area contributed by atoms with Crippen LogP contribution in [-0.4, -0.2) is 41.6 Å². The minimum atomic E-state index is -0.711. The van der Waals surface area contributed by atoms with Crippen LogP contribution in [0.4, 0.5) is 4.79 Å². The summed E-state index contributed by atoms with van der Waals surface area (Å²) in [6.07, 6.45) is 2.66. The summed E-state index contributed by atoms with van der Waals surface area (Å²) in [7, 11) is 0. The van der Waals surface area contributed by atoms with E-state index in [1.165, 1.54) is 0 Å². The summed E-state index contributed by atoms with van der Waals surface area (Å²) in [6.45, 7) is 1.99. The van der Waals surface area contributed by atoms with Gasteiger partial charge in [0.15, 0.2) is 0 Å². The molecule has 2 amide bonds. The average molecular weight is 212 g/mol. The third-order valence-corrected chi connectivity index (χ3v) is 3.38. The maximum atomic E-state index is 11.3. The van der Waals surface area contributed by atoms with Crippen molar-refractivity contribution < 1.29 is 14.7 Å². The zero-order valence-corrected chi connectivity index (χ0v) is 8.61. The SMILES string of the molecule is O=C(O)[C@@H]1CCC[C@@H]1CN1CCNC1=O. The zero-order chi connectivity index (χ0) is 10.8. The van der Waals surface area contributed by atoms with E-state index in [9.17, 15) is 9.59 Å². The van der Waals surface area contributed by atoms with Gasteiger partial charge < -0.3 is 15.3 Å². The van der Waals surface area contributed by atoms with Crippen molar-refractivity contribution in [3.63, 3.8) is 0 Å². The fraction of sp³-hybridized carbons (Fsp3) is 0.800. The molecular weight excluding hydrogens is 196 g/mol. The van der Waals surface area contributed by atoms with E-state index in [1.54, 1.807) is 4.90 Å². The number of rotatable bonds is 3. The first-order valence-electron chi connectivity index (χ1n) is 5.44. The van der Waals surface area contributed by atoms with E-state index < -0.39 is 5.97 Å². The number of carboxylic acid groups (broad SMARTS) is 1. The van der Waals surface area contributed by atoms with Gasteiger partial charge in [-0.2, -0.15) is 0 Å². The number of hydrogen-bond donors (Lipinski definition) is 2. The summed E-state index contributed by atoms with van der Waals surface area (Å²) in [5.74, 6) is -0.818. The Hall–Kier alpha value is -1.26. The zero-order valence-electron chi connectivity index (χ0n) is 8.61. The van der Waals surface area contributed by atoms with Gasteiger partial charge in [-0.3, -0.25) is 4.79 Å². The Labute approximate surface area is 88.4 Å². The van der Waals surface area contributed by atoms with Crippen molar-refractivity contribution in [1.29, 1.82) is 0 Å². The van der Waals surface area contributed by atoms with Crippen molar-refractivity contribution in [1.82, 2.24) is 10.2 Å². The van der Waals surface area contributed by atoms with Crippen LogP contribution < -0.4 is 5.32 Å². The molecule has 0 radical (unpaired) electrons. The molecule has 5 nitrogen and oxygen atoms in total. The van der Waals surface area contributed by atoms with Crippen LogP contribution in [0.25, 0.3) is 0 Å². The molecule has 84 valence electrons. The highest BCUT2D eigenvalue weighted by Gasteiger charge is 2.35. The summed E-state index contributed by atoms with van der Waals surface area (Å²) in [4.78, 5) is 24.0. The molecule has 2 atom stereocenters. The van der Waals surface area contributed by atoms with Crippen molar-refractivity contribution in [3.8, 4) is 0 Å². The fourth-order valence-electron chi connectivity index (χ4n) is 2.55. The van der Waals surface area contributed by atoms with Crippen LogP contribution in [-0.2, 0) is 4.79 Å². The summed E-state index contributed by atoms with van der Waals surface area (Å²) < 4.78 is 0. The second kappa shape index (κ2) is 4.08. The minimum Gasteiger partial charge on any atom is -0.481 e. The smallest absolute Gasteiger partial charge is 0.317 e. The van der Waals surface area contributed by atoms with E-state index in [-0.39, 0.29) is 17.9 Å². The Bertz CT molecular complexity index is 280. The van der Waals surface area contributed by atoms with Crippen LogP contribution in [0.15, 0.2) is 0 Å². The van der Waals surface area contributed by atoms with E-state index in [1.807, 2.05) is 0 Å². The topological polar surface area (TPSA) is 69.6 Å². The van der Waals surface area contributed by atoms with Gasteiger partial charge in [-0.1, -0.05) is 6.42 Å². The summed E-state index contributed by atoms with van der Waals surface area (Å²) in [5, 5.41) is 11.7. The van der Waals surface area contributed by atoms with Crippen LogP contribution in [0, 0.1) is 11.8 Å². The van der Waals surface area contributed by atoms with Crippen LogP contribution >= 0.6 is 0 Å². The van der Waals surface area contributed by atoms with E-state index in [2.05, 4.69) is 5.32 Å². The number of amides is 2. The molecule has 1 aliphatic heterocycles. The molecule has 2 N–H and O–H groups in total. The normalized spacial score (nSPS) is 30.7. The molecule has 0 spiro atoms. The first-order chi connectivity index (χ1) is 7.18. The van der Waals surface area contributed by atoms with Crippen LogP contribution in [0.5, 0.6) is 0 Å². The van der Waals surface area contributed by atoms with Gasteiger partial charge in [-0.05, 0) is 18.8 Å². The van der Waals surface area contributed by atoms with E-state index in [0.29, 0.717) is 19.6 Å². The Morgan fingerprint density at radius 2 is 2.33 bits per heavy atom. The summed E-state index contributed by atoms with van der Waals surface area (Å²) in [6, 6.07) is -0.0500. The fourth-order valence-corrected chi connectivity index (χ4v) is 2.55. The molecule has 2 rings (SSSR count). The van der Waals surface area contributed by atoms with Gasteiger partial charge in [0, 0.05) is 19.6 Å². The van der Waals surface area contributed by atoms with Crippen LogP contribution in [0.2, 0.25) is 0 Å². The lowest BCUT2D eigenvalue weighted by Gasteiger charge is -2.22. The quantitative estimate of drug-likeness (QED) is 0.716. The highest BCUT2D eigenvalue weighted by Crippen LogP contribution is 2.32.